The van der Waals surface area contributed by atoms with Crippen LogP contribution in [0.2, 0.25) is 0 Å². The molecule has 35 heavy (non-hydrogen) atoms. The molecular weight excluding hydrogens is 454 g/mol. The van der Waals surface area contributed by atoms with Crippen molar-refractivity contribution in [3.05, 3.63) is 133 Å². The van der Waals surface area contributed by atoms with Gasteiger partial charge in [0, 0.05) is 0 Å². The lowest BCUT2D eigenvalue weighted by Crippen LogP contribution is -2.46. The molecule has 1 atom stereocenters. The molecule has 1 aliphatic carbocycles. The molecule has 0 amide bonds. The smallest absolute Gasteiger partial charge is 0.270 e. The van der Waals surface area contributed by atoms with Crippen LogP contribution in [0.3, 0.4) is 0 Å². The van der Waals surface area contributed by atoms with Gasteiger partial charge in [0.05, 0.1) is 32.4 Å². The number of nitrogens with two attached hydrogens (primary N) is 1. The first-order valence-corrected chi connectivity index (χ1v) is 10.3. The number of allylic oxidation sites excluding steroid dienone is 2. The summed E-state index contributed by atoms with van der Waals surface area (Å²) < 4.78 is 0. The van der Waals surface area contributed by atoms with Gasteiger partial charge in [-0.1, -0.05) is 85.0 Å². The molecule has 0 bridgehead atoms. The van der Waals surface area contributed by atoms with Crippen LogP contribution in [0.1, 0.15) is 12.0 Å². The highest BCUT2D eigenvalue weighted by molar-refractivity contribution is 5.65. The van der Waals surface area contributed by atoms with Crippen molar-refractivity contribution >= 4 is 17.1 Å². The lowest BCUT2D eigenvalue weighted by atomic mass is 9.82. The Bertz CT molecular complexity index is 1220. The van der Waals surface area contributed by atoms with Crippen LogP contribution in [0, 0.1) is 30.3 Å². The fourth-order valence-electron chi connectivity index (χ4n) is 3.69. The summed E-state index contributed by atoms with van der Waals surface area (Å²) in [6.07, 6.45) is 6.35. The number of nitrogens with zero attached hydrogens (tertiary/aromatic N) is 3. The van der Waals surface area contributed by atoms with Crippen molar-refractivity contribution in [1.29, 1.82) is 0 Å². The molecule has 11 heteroatoms. The molecule has 0 aliphatic heterocycles. The van der Waals surface area contributed by atoms with E-state index < -0.39 is 37.4 Å². The van der Waals surface area contributed by atoms with Crippen LogP contribution in [0.4, 0.5) is 17.1 Å². The maximum absolute atomic E-state index is 11.3. The van der Waals surface area contributed by atoms with Gasteiger partial charge in [0.25, 0.3) is 17.1 Å². The zero-order chi connectivity index (χ0) is 25.4. The number of benzene rings is 3. The lowest BCUT2D eigenvalue weighted by molar-refractivity contribution is -0.404. The molecule has 3 N–H and O–H groups in total. The molecule has 0 aromatic heterocycles. The van der Waals surface area contributed by atoms with Gasteiger partial charge in [0.15, 0.2) is 0 Å². The molecule has 3 aromatic carbocycles. The minimum atomic E-state index is -1.41. The van der Waals surface area contributed by atoms with Gasteiger partial charge in [-0.05, 0) is 17.5 Å². The lowest BCUT2D eigenvalue weighted by Gasteiger charge is -2.29. The molecule has 0 fully saturated rings. The summed E-state index contributed by atoms with van der Waals surface area (Å²) in [5.41, 5.74) is 0.934. The summed E-state index contributed by atoms with van der Waals surface area (Å²) in [5.74, 6) is 5.49. The van der Waals surface area contributed by atoms with Crippen molar-refractivity contribution < 1.29 is 14.8 Å². The van der Waals surface area contributed by atoms with Gasteiger partial charge in [-0.15, -0.1) is 0 Å². The number of nitrogens with one attached hydrogen (secondary N) is 1. The third-order valence-electron chi connectivity index (χ3n) is 5.34. The standard InChI is InChI=1S/C12H11N5O6.C12H10/c13-14-12(4-2-1-3-5-12)11-9(16(20)21)6-8(15(18)19)7-10(11)17(22)23;1-3-7-11(8-4-1)12-9-5-2-6-10-12/h1-4,6-7,14H,5,13H2;1-10H. The van der Waals surface area contributed by atoms with E-state index in [4.69, 9.17) is 5.84 Å². The molecule has 178 valence electrons. The normalized spacial score (nSPS) is 16.1. The highest BCUT2D eigenvalue weighted by atomic mass is 16.6. The van der Waals surface area contributed by atoms with Gasteiger partial charge in [0.1, 0.15) is 5.56 Å². The maximum Gasteiger partial charge on any atom is 0.288 e. The number of rotatable bonds is 6. The Kier molecular flexibility index (Phi) is 7.77. The van der Waals surface area contributed by atoms with E-state index in [1.165, 1.54) is 23.3 Å². The van der Waals surface area contributed by atoms with Crippen LogP contribution in [0.15, 0.2) is 97.1 Å². The highest BCUT2D eigenvalue weighted by Gasteiger charge is 2.43. The minimum Gasteiger partial charge on any atom is -0.270 e. The Balaban J connectivity index is 0.000000237. The Morgan fingerprint density at radius 3 is 1.57 bits per heavy atom. The predicted molar refractivity (Wildman–Crippen MR) is 130 cm³/mol. The Hall–Kier alpha value is -4.74. The molecule has 0 saturated heterocycles. The van der Waals surface area contributed by atoms with E-state index in [-0.39, 0.29) is 12.0 Å². The molecule has 0 saturated carbocycles. The fraction of sp³-hybridized carbons (Fsp3) is 0.0833. The minimum absolute atomic E-state index is 0.111. The van der Waals surface area contributed by atoms with Crippen molar-refractivity contribution in [3.63, 3.8) is 0 Å². The first kappa shape index (κ1) is 24.9. The molecule has 11 nitrogen and oxygen atoms in total. The monoisotopic (exact) mass is 475 g/mol. The summed E-state index contributed by atoms with van der Waals surface area (Å²) in [5, 5.41) is 33.5. The summed E-state index contributed by atoms with van der Waals surface area (Å²) in [4.78, 5) is 30.8. The van der Waals surface area contributed by atoms with Gasteiger partial charge >= 0.3 is 0 Å². The van der Waals surface area contributed by atoms with E-state index in [9.17, 15) is 30.3 Å². The first-order valence-electron chi connectivity index (χ1n) is 10.3. The molecule has 0 heterocycles. The number of nitro groups is 3. The molecule has 3 aromatic rings. The number of nitro benzene ring substituents is 3. The number of hydrogen-bond donors (Lipinski definition) is 2. The Labute approximate surface area is 199 Å². The molecule has 4 rings (SSSR count). The summed E-state index contributed by atoms with van der Waals surface area (Å²) in [6.45, 7) is 0. The first-order chi connectivity index (χ1) is 16.8. The third kappa shape index (κ3) is 5.61. The second-order valence-electron chi connectivity index (χ2n) is 7.47. The number of hydrazine groups is 1. The average Bonchev–Trinajstić information content (AvgIpc) is 2.89. The van der Waals surface area contributed by atoms with Crippen LogP contribution in [-0.4, -0.2) is 14.8 Å². The second kappa shape index (κ2) is 10.9. The molecular formula is C24H21N5O6. The van der Waals surface area contributed by atoms with Gasteiger partial charge in [-0.3, -0.25) is 36.2 Å². The summed E-state index contributed by atoms with van der Waals surface area (Å²) >= 11 is 0. The van der Waals surface area contributed by atoms with Gasteiger partial charge in [-0.2, -0.15) is 0 Å². The fourth-order valence-corrected chi connectivity index (χ4v) is 3.69. The topological polar surface area (TPSA) is 167 Å². The number of hydrogen-bond acceptors (Lipinski definition) is 8. The Morgan fingerprint density at radius 1 is 0.743 bits per heavy atom. The van der Waals surface area contributed by atoms with Crippen LogP contribution in [0.5, 0.6) is 0 Å². The van der Waals surface area contributed by atoms with Crippen molar-refractivity contribution in [2.24, 2.45) is 5.84 Å². The average molecular weight is 475 g/mol. The van der Waals surface area contributed by atoms with Crippen molar-refractivity contribution in [2.45, 2.75) is 12.0 Å². The molecule has 1 aliphatic rings. The molecule has 1 unspecified atom stereocenters. The van der Waals surface area contributed by atoms with E-state index >= 15 is 0 Å². The SMILES string of the molecule is NNC1(c2c([N+](=O)[O-])cc([N+](=O)[O-])cc2[N+](=O)[O-])C=CC=CC1.c1ccc(-c2ccccc2)cc1. The summed E-state index contributed by atoms with van der Waals surface area (Å²) in [6, 6.07) is 22.2. The predicted octanol–water partition coefficient (Wildman–Crippen LogP) is 4.94. The van der Waals surface area contributed by atoms with Crippen LogP contribution < -0.4 is 11.3 Å². The van der Waals surface area contributed by atoms with E-state index in [1.54, 1.807) is 12.2 Å². The van der Waals surface area contributed by atoms with Crippen LogP contribution in [-0.2, 0) is 5.54 Å². The summed E-state index contributed by atoms with van der Waals surface area (Å²) in [7, 11) is 0. The van der Waals surface area contributed by atoms with Crippen LogP contribution >= 0.6 is 0 Å². The largest absolute Gasteiger partial charge is 0.288 e. The molecule has 0 radical (unpaired) electrons. The second-order valence-corrected chi connectivity index (χ2v) is 7.47. The van der Waals surface area contributed by atoms with Crippen molar-refractivity contribution in [2.75, 3.05) is 0 Å². The van der Waals surface area contributed by atoms with Crippen molar-refractivity contribution in [1.82, 2.24) is 5.43 Å². The zero-order valence-electron chi connectivity index (χ0n) is 18.3. The van der Waals surface area contributed by atoms with Gasteiger partial charge < -0.3 is 0 Å². The van der Waals surface area contributed by atoms with Crippen molar-refractivity contribution in [3.8, 4) is 11.1 Å². The van der Waals surface area contributed by atoms with Crippen LogP contribution in [0.25, 0.3) is 11.1 Å². The van der Waals surface area contributed by atoms with Gasteiger partial charge in [0.2, 0.25) is 0 Å². The third-order valence-corrected chi connectivity index (χ3v) is 5.34. The molecule has 0 spiro atoms. The van der Waals surface area contributed by atoms with E-state index in [2.05, 4.69) is 54.0 Å². The highest BCUT2D eigenvalue weighted by Crippen LogP contribution is 2.43. The quantitative estimate of drug-likeness (QED) is 0.287. The maximum atomic E-state index is 11.3. The zero-order valence-corrected chi connectivity index (χ0v) is 18.3. The van der Waals surface area contributed by atoms with Gasteiger partial charge in [-0.25, -0.2) is 5.43 Å². The number of non-ortho nitro benzene ring substituents is 1. The van der Waals surface area contributed by atoms with E-state index in [0.29, 0.717) is 12.1 Å². The van der Waals surface area contributed by atoms with E-state index in [1.807, 2.05) is 12.1 Å². The Morgan fingerprint density at radius 2 is 1.23 bits per heavy atom. The van der Waals surface area contributed by atoms with E-state index in [0.717, 1.165) is 0 Å².